The van der Waals surface area contributed by atoms with Crippen LogP contribution in [0.4, 0.5) is 0 Å². The average molecular weight is 291 g/mol. The molecule has 0 bridgehead atoms. The Morgan fingerprint density at radius 3 is 1.95 bits per heavy atom. The zero-order chi connectivity index (χ0) is 15.7. The molecule has 1 fully saturated rings. The first kappa shape index (κ1) is 16.0. The lowest BCUT2D eigenvalue weighted by Crippen LogP contribution is -2.54. The van der Waals surface area contributed by atoms with E-state index >= 15 is 0 Å². The highest BCUT2D eigenvalue weighted by Crippen LogP contribution is 2.31. The SMILES string of the molecule is CC(C)(C)c1ccc(C(C)(C(=O)O)N2CCOCC2)cc1. The minimum atomic E-state index is -1.000. The summed E-state index contributed by atoms with van der Waals surface area (Å²) in [4.78, 5) is 13.9. The van der Waals surface area contributed by atoms with Crippen molar-refractivity contribution < 1.29 is 14.6 Å². The maximum atomic E-state index is 11.9. The molecule has 21 heavy (non-hydrogen) atoms. The van der Waals surface area contributed by atoms with Gasteiger partial charge in [-0.1, -0.05) is 45.0 Å². The highest BCUT2D eigenvalue weighted by molar-refractivity contribution is 5.80. The van der Waals surface area contributed by atoms with Crippen LogP contribution in [0.15, 0.2) is 24.3 Å². The maximum absolute atomic E-state index is 11.9. The van der Waals surface area contributed by atoms with E-state index < -0.39 is 11.5 Å². The fourth-order valence-electron chi connectivity index (χ4n) is 2.75. The highest BCUT2D eigenvalue weighted by Gasteiger charge is 2.42. The third kappa shape index (κ3) is 3.11. The molecule has 1 aromatic rings. The molecule has 0 spiro atoms. The second kappa shape index (κ2) is 5.78. The largest absolute Gasteiger partial charge is 0.480 e. The standard InChI is InChI=1S/C17H25NO3/c1-16(2,3)13-5-7-14(8-6-13)17(4,15(19)20)18-9-11-21-12-10-18/h5-8H,9-12H2,1-4H3,(H,19,20). The average Bonchev–Trinajstić information content (AvgIpc) is 2.46. The van der Waals surface area contributed by atoms with E-state index in [0.29, 0.717) is 26.3 Å². The topological polar surface area (TPSA) is 49.8 Å². The van der Waals surface area contributed by atoms with Crippen LogP contribution in [0, 0.1) is 0 Å². The van der Waals surface area contributed by atoms with Crippen LogP contribution in [0.25, 0.3) is 0 Å². The lowest BCUT2D eigenvalue weighted by atomic mass is 9.83. The van der Waals surface area contributed by atoms with Gasteiger partial charge in [-0.15, -0.1) is 0 Å². The van der Waals surface area contributed by atoms with Crippen molar-refractivity contribution in [3.8, 4) is 0 Å². The fourth-order valence-corrected chi connectivity index (χ4v) is 2.75. The molecule has 0 aliphatic carbocycles. The van der Waals surface area contributed by atoms with Gasteiger partial charge in [0.15, 0.2) is 0 Å². The van der Waals surface area contributed by atoms with Crippen LogP contribution < -0.4 is 0 Å². The number of carboxylic acids is 1. The normalized spacial score (nSPS) is 20.0. The van der Waals surface area contributed by atoms with Crippen molar-refractivity contribution in [3.05, 3.63) is 35.4 Å². The van der Waals surface area contributed by atoms with E-state index in [1.807, 2.05) is 29.2 Å². The van der Waals surface area contributed by atoms with Crippen molar-refractivity contribution in [2.24, 2.45) is 0 Å². The van der Waals surface area contributed by atoms with Gasteiger partial charge < -0.3 is 9.84 Å². The summed E-state index contributed by atoms with van der Waals surface area (Å²) in [5.41, 5.74) is 1.10. The molecule has 116 valence electrons. The van der Waals surface area contributed by atoms with E-state index in [1.165, 1.54) is 5.56 Å². The van der Waals surface area contributed by atoms with Gasteiger partial charge in [0.1, 0.15) is 5.54 Å². The minimum absolute atomic E-state index is 0.0666. The summed E-state index contributed by atoms with van der Waals surface area (Å²) in [5.74, 6) is -0.812. The lowest BCUT2D eigenvalue weighted by molar-refractivity contribution is -0.154. The van der Waals surface area contributed by atoms with Crippen molar-refractivity contribution in [3.63, 3.8) is 0 Å². The molecule has 2 rings (SSSR count). The van der Waals surface area contributed by atoms with Gasteiger partial charge >= 0.3 is 5.97 Å². The Balaban J connectivity index is 2.36. The van der Waals surface area contributed by atoms with Gasteiger partial charge in [-0.2, -0.15) is 0 Å². The summed E-state index contributed by atoms with van der Waals surface area (Å²) in [7, 11) is 0. The molecule has 1 saturated heterocycles. The van der Waals surface area contributed by atoms with E-state index in [2.05, 4.69) is 20.8 Å². The molecule has 1 N–H and O–H groups in total. The minimum Gasteiger partial charge on any atom is -0.480 e. The van der Waals surface area contributed by atoms with Gasteiger partial charge in [0, 0.05) is 13.1 Å². The number of hydrogen-bond donors (Lipinski definition) is 1. The van der Waals surface area contributed by atoms with Gasteiger partial charge in [0.25, 0.3) is 0 Å². The van der Waals surface area contributed by atoms with Crippen LogP contribution in [-0.4, -0.2) is 42.3 Å². The quantitative estimate of drug-likeness (QED) is 0.930. The van der Waals surface area contributed by atoms with Crippen LogP contribution >= 0.6 is 0 Å². The Hall–Kier alpha value is -1.39. The number of nitrogens with zero attached hydrogens (tertiary/aromatic N) is 1. The number of aliphatic carboxylic acids is 1. The molecule has 4 heteroatoms. The van der Waals surface area contributed by atoms with Crippen LogP contribution in [-0.2, 0) is 20.5 Å². The number of ether oxygens (including phenoxy) is 1. The molecule has 1 heterocycles. The lowest BCUT2D eigenvalue weighted by Gasteiger charge is -2.40. The summed E-state index contributed by atoms with van der Waals surface area (Å²) in [6.45, 7) is 10.7. The van der Waals surface area contributed by atoms with Crippen molar-refractivity contribution >= 4 is 5.97 Å². The van der Waals surface area contributed by atoms with E-state index in [0.717, 1.165) is 5.56 Å². The maximum Gasteiger partial charge on any atom is 0.328 e. The molecule has 0 radical (unpaired) electrons. The predicted octanol–water partition coefficient (Wildman–Crippen LogP) is 2.62. The Morgan fingerprint density at radius 2 is 1.52 bits per heavy atom. The first-order chi connectivity index (χ1) is 9.76. The van der Waals surface area contributed by atoms with Gasteiger partial charge in [0.05, 0.1) is 13.2 Å². The number of carbonyl (C=O) groups is 1. The number of benzene rings is 1. The fraction of sp³-hybridized carbons (Fsp3) is 0.588. The monoisotopic (exact) mass is 291 g/mol. The molecular weight excluding hydrogens is 266 g/mol. The van der Waals surface area contributed by atoms with E-state index in [9.17, 15) is 9.90 Å². The van der Waals surface area contributed by atoms with Gasteiger partial charge in [0.2, 0.25) is 0 Å². The molecular formula is C17H25NO3. The molecule has 0 aromatic heterocycles. The summed E-state index contributed by atoms with van der Waals surface area (Å²) in [6.07, 6.45) is 0. The Kier molecular flexibility index (Phi) is 4.40. The molecule has 1 aliphatic rings. The van der Waals surface area contributed by atoms with Crippen LogP contribution in [0.2, 0.25) is 0 Å². The van der Waals surface area contributed by atoms with Crippen LogP contribution in [0.5, 0.6) is 0 Å². The summed E-state index contributed by atoms with van der Waals surface area (Å²) in [6, 6.07) is 7.97. The number of rotatable bonds is 3. The predicted molar refractivity (Wildman–Crippen MR) is 82.5 cm³/mol. The van der Waals surface area contributed by atoms with Crippen molar-refractivity contribution in [2.75, 3.05) is 26.3 Å². The second-order valence-electron chi connectivity index (χ2n) is 6.80. The zero-order valence-electron chi connectivity index (χ0n) is 13.3. The first-order valence-electron chi connectivity index (χ1n) is 7.43. The molecule has 0 amide bonds. The Labute approximate surface area is 126 Å². The Bertz CT molecular complexity index is 498. The first-order valence-corrected chi connectivity index (χ1v) is 7.43. The number of morpholine rings is 1. The molecule has 1 unspecified atom stereocenters. The number of hydrogen-bond acceptors (Lipinski definition) is 3. The third-order valence-corrected chi connectivity index (χ3v) is 4.37. The Morgan fingerprint density at radius 1 is 1.05 bits per heavy atom. The van der Waals surface area contributed by atoms with Crippen molar-refractivity contribution in [1.29, 1.82) is 0 Å². The number of carboxylic acid groups (broad SMARTS) is 1. The molecule has 4 nitrogen and oxygen atoms in total. The van der Waals surface area contributed by atoms with Gasteiger partial charge in [-0.3, -0.25) is 4.90 Å². The van der Waals surface area contributed by atoms with Crippen LogP contribution in [0.1, 0.15) is 38.8 Å². The molecule has 1 aromatic carbocycles. The van der Waals surface area contributed by atoms with E-state index in [4.69, 9.17) is 4.74 Å². The summed E-state index contributed by atoms with van der Waals surface area (Å²) in [5, 5.41) is 9.78. The molecule has 1 atom stereocenters. The van der Waals surface area contributed by atoms with E-state index in [1.54, 1.807) is 6.92 Å². The van der Waals surface area contributed by atoms with Crippen molar-refractivity contribution in [2.45, 2.75) is 38.6 Å². The molecule has 1 aliphatic heterocycles. The summed E-state index contributed by atoms with van der Waals surface area (Å²) >= 11 is 0. The summed E-state index contributed by atoms with van der Waals surface area (Å²) < 4.78 is 5.34. The van der Waals surface area contributed by atoms with Gasteiger partial charge in [-0.25, -0.2) is 4.79 Å². The zero-order valence-corrected chi connectivity index (χ0v) is 13.3. The van der Waals surface area contributed by atoms with Crippen LogP contribution in [0.3, 0.4) is 0 Å². The smallest absolute Gasteiger partial charge is 0.328 e. The highest BCUT2D eigenvalue weighted by atomic mass is 16.5. The molecule has 0 saturated carbocycles. The van der Waals surface area contributed by atoms with Gasteiger partial charge in [-0.05, 0) is 23.5 Å². The second-order valence-corrected chi connectivity index (χ2v) is 6.80. The van der Waals surface area contributed by atoms with Crippen molar-refractivity contribution in [1.82, 2.24) is 4.90 Å². The van der Waals surface area contributed by atoms with E-state index in [-0.39, 0.29) is 5.41 Å². The third-order valence-electron chi connectivity index (χ3n) is 4.37.